The average molecular weight is 384 g/mol. The van der Waals surface area contributed by atoms with Gasteiger partial charge in [0.15, 0.2) is 0 Å². The molecule has 0 bridgehead atoms. The van der Waals surface area contributed by atoms with Gasteiger partial charge >= 0.3 is 0 Å². The number of benzene rings is 1. The summed E-state index contributed by atoms with van der Waals surface area (Å²) in [4.78, 5) is 25.3. The van der Waals surface area contributed by atoms with Gasteiger partial charge in [0.05, 0.1) is 13.2 Å². The molecule has 2 aliphatic heterocycles. The van der Waals surface area contributed by atoms with E-state index in [0.717, 1.165) is 37.4 Å². The van der Waals surface area contributed by atoms with Crippen molar-refractivity contribution in [1.82, 2.24) is 0 Å². The first kappa shape index (κ1) is 18.1. The van der Waals surface area contributed by atoms with Crippen LogP contribution in [-0.4, -0.2) is 38.2 Å². The van der Waals surface area contributed by atoms with E-state index < -0.39 is 0 Å². The number of hydrogen-bond acceptors (Lipinski definition) is 4. The van der Waals surface area contributed by atoms with Crippen molar-refractivity contribution in [2.75, 3.05) is 37.1 Å². The number of amides is 2. The second-order valence-electron chi connectivity index (χ2n) is 9.39. The molecule has 2 aliphatic carbocycles. The van der Waals surface area contributed by atoms with Crippen LogP contribution in [-0.2, 0) is 19.1 Å². The lowest BCUT2D eigenvalue weighted by Crippen LogP contribution is -2.19. The van der Waals surface area contributed by atoms with E-state index in [4.69, 9.17) is 9.47 Å². The fourth-order valence-electron chi connectivity index (χ4n) is 5.62. The number of anilines is 2. The first-order valence-corrected chi connectivity index (χ1v) is 10.3. The molecule has 6 nitrogen and oxygen atoms in total. The van der Waals surface area contributed by atoms with Gasteiger partial charge < -0.3 is 20.1 Å². The van der Waals surface area contributed by atoms with Gasteiger partial charge in [0.2, 0.25) is 11.8 Å². The second-order valence-corrected chi connectivity index (χ2v) is 9.39. The monoisotopic (exact) mass is 384 g/mol. The molecule has 0 aromatic heterocycles. The largest absolute Gasteiger partial charge is 0.381 e. The molecule has 5 rings (SSSR count). The molecule has 2 heterocycles. The summed E-state index contributed by atoms with van der Waals surface area (Å²) >= 11 is 0. The quantitative estimate of drug-likeness (QED) is 0.837. The van der Waals surface area contributed by atoms with Crippen LogP contribution >= 0.6 is 0 Å². The summed E-state index contributed by atoms with van der Waals surface area (Å²) in [6, 6.07) is 7.40. The summed E-state index contributed by atoms with van der Waals surface area (Å²) in [6.45, 7) is 7.24. The molecule has 6 heteroatoms. The Balaban J connectivity index is 1.17. The molecule has 0 spiro atoms. The van der Waals surface area contributed by atoms with Gasteiger partial charge in [0.25, 0.3) is 0 Å². The van der Waals surface area contributed by atoms with Crippen molar-refractivity contribution in [1.29, 1.82) is 0 Å². The fourth-order valence-corrected chi connectivity index (χ4v) is 5.62. The normalized spacial score (nSPS) is 40.6. The van der Waals surface area contributed by atoms with E-state index in [2.05, 4.69) is 24.5 Å². The molecule has 2 saturated heterocycles. The number of hydrogen-bond donors (Lipinski definition) is 2. The average Bonchev–Trinajstić information content (AvgIpc) is 3.51. The van der Waals surface area contributed by atoms with E-state index in [-0.39, 0.29) is 34.5 Å². The Labute approximate surface area is 165 Å². The van der Waals surface area contributed by atoms with Crippen LogP contribution in [0.15, 0.2) is 24.3 Å². The zero-order chi connectivity index (χ0) is 19.5. The number of carbonyl (C=O) groups excluding carboxylic acids is 2. The van der Waals surface area contributed by atoms with Gasteiger partial charge in [0.1, 0.15) is 0 Å². The van der Waals surface area contributed by atoms with Crippen LogP contribution in [0, 0.1) is 34.5 Å². The van der Waals surface area contributed by atoms with Crippen LogP contribution in [0.5, 0.6) is 0 Å². The summed E-state index contributed by atoms with van der Waals surface area (Å²) in [6.07, 6.45) is 1.90. The Bertz CT molecular complexity index is 742. The lowest BCUT2D eigenvalue weighted by molar-refractivity contribution is -0.119. The Morgan fingerprint density at radius 2 is 1.21 bits per heavy atom. The van der Waals surface area contributed by atoms with Crippen molar-refractivity contribution in [2.24, 2.45) is 34.5 Å². The van der Waals surface area contributed by atoms with E-state index in [0.29, 0.717) is 25.0 Å². The highest BCUT2D eigenvalue weighted by molar-refractivity contribution is 5.97. The third kappa shape index (κ3) is 2.77. The SMILES string of the molecule is CC12CCOCC1C2C(=O)Nc1ccc(NC(=O)C2C3COCCC32C)cc1. The third-order valence-corrected chi connectivity index (χ3v) is 7.85. The summed E-state index contributed by atoms with van der Waals surface area (Å²) in [5.41, 5.74) is 1.71. The maximum absolute atomic E-state index is 12.6. The number of ether oxygens (including phenoxy) is 2. The van der Waals surface area contributed by atoms with E-state index in [9.17, 15) is 9.59 Å². The molecule has 6 atom stereocenters. The van der Waals surface area contributed by atoms with E-state index in [1.807, 2.05) is 24.3 Å². The van der Waals surface area contributed by atoms with Crippen molar-refractivity contribution in [2.45, 2.75) is 26.7 Å². The summed E-state index contributed by atoms with van der Waals surface area (Å²) in [7, 11) is 0. The first-order valence-electron chi connectivity index (χ1n) is 10.3. The zero-order valence-corrected chi connectivity index (χ0v) is 16.5. The molecule has 1 aromatic carbocycles. The standard InChI is InChI=1S/C22H28N2O4/c1-21-7-9-27-11-15(21)17(21)19(25)23-13-3-5-14(6-4-13)24-20(26)18-16-12-28-10-8-22(16,18)2/h3-6,15-18H,7-12H2,1-2H3,(H,23,25)(H,24,26). The van der Waals surface area contributed by atoms with E-state index in [1.165, 1.54) is 0 Å². The second kappa shape index (κ2) is 6.29. The number of rotatable bonds is 4. The van der Waals surface area contributed by atoms with Crippen molar-refractivity contribution < 1.29 is 19.1 Å². The summed E-state index contributed by atoms with van der Waals surface area (Å²) in [5.74, 6) is 0.903. The van der Waals surface area contributed by atoms with Crippen LogP contribution in [0.25, 0.3) is 0 Å². The lowest BCUT2D eigenvalue weighted by atomic mass is 9.99. The Morgan fingerprint density at radius 3 is 1.54 bits per heavy atom. The number of nitrogens with one attached hydrogen (secondary N) is 2. The van der Waals surface area contributed by atoms with Crippen molar-refractivity contribution in [3.8, 4) is 0 Å². The van der Waals surface area contributed by atoms with Crippen LogP contribution in [0.4, 0.5) is 11.4 Å². The van der Waals surface area contributed by atoms with Gasteiger partial charge in [-0.1, -0.05) is 13.8 Å². The smallest absolute Gasteiger partial charge is 0.228 e. The molecule has 6 unspecified atom stereocenters. The van der Waals surface area contributed by atoms with E-state index in [1.54, 1.807) is 0 Å². The van der Waals surface area contributed by atoms with Gasteiger partial charge in [0, 0.05) is 48.3 Å². The number of fused-ring (bicyclic) bond motifs is 2. The van der Waals surface area contributed by atoms with Crippen molar-refractivity contribution in [3.05, 3.63) is 24.3 Å². The topological polar surface area (TPSA) is 76.7 Å². The van der Waals surface area contributed by atoms with Crippen LogP contribution in [0.3, 0.4) is 0 Å². The fraction of sp³-hybridized carbons (Fsp3) is 0.636. The molecule has 2 N–H and O–H groups in total. The molecule has 150 valence electrons. The van der Waals surface area contributed by atoms with Gasteiger partial charge in [-0.05, 0) is 47.9 Å². The summed E-state index contributed by atoms with van der Waals surface area (Å²) < 4.78 is 11.0. The maximum Gasteiger partial charge on any atom is 0.228 e. The minimum atomic E-state index is 0.0375. The van der Waals surface area contributed by atoms with Crippen LogP contribution < -0.4 is 10.6 Å². The molecule has 1 aromatic rings. The maximum atomic E-state index is 12.6. The Morgan fingerprint density at radius 1 is 0.821 bits per heavy atom. The predicted molar refractivity (Wildman–Crippen MR) is 105 cm³/mol. The Hall–Kier alpha value is -1.92. The molecule has 2 amide bonds. The molecule has 2 saturated carbocycles. The third-order valence-electron chi connectivity index (χ3n) is 7.85. The van der Waals surface area contributed by atoms with Crippen molar-refractivity contribution >= 4 is 23.2 Å². The van der Waals surface area contributed by atoms with Crippen LogP contribution in [0.1, 0.15) is 26.7 Å². The highest BCUT2D eigenvalue weighted by Crippen LogP contribution is 2.63. The van der Waals surface area contributed by atoms with Gasteiger partial charge in [-0.3, -0.25) is 9.59 Å². The minimum Gasteiger partial charge on any atom is -0.381 e. The van der Waals surface area contributed by atoms with Crippen LogP contribution in [0.2, 0.25) is 0 Å². The van der Waals surface area contributed by atoms with Gasteiger partial charge in [-0.25, -0.2) is 0 Å². The lowest BCUT2D eigenvalue weighted by Gasteiger charge is -2.16. The summed E-state index contributed by atoms with van der Waals surface area (Å²) in [5, 5.41) is 6.05. The minimum absolute atomic E-state index is 0.0375. The zero-order valence-electron chi connectivity index (χ0n) is 16.5. The molecule has 0 radical (unpaired) electrons. The highest BCUT2D eigenvalue weighted by Gasteiger charge is 2.66. The predicted octanol–water partition coefficient (Wildman–Crippen LogP) is 2.91. The first-order chi connectivity index (χ1) is 13.4. The molecule has 4 aliphatic rings. The molecule has 28 heavy (non-hydrogen) atoms. The molecular formula is C22H28N2O4. The number of carbonyl (C=O) groups is 2. The van der Waals surface area contributed by atoms with Gasteiger partial charge in [-0.2, -0.15) is 0 Å². The Kier molecular flexibility index (Phi) is 4.07. The highest BCUT2D eigenvalue weighted by atomic mass is 16.5. The van der Waals surface area contributed by atoms with Gasteiger partial charge in [-0.15, -0.1) is 0 Å². The molecular weight excluding hydrogens is 356 g/mol. The molecule has 4 fully saturated rings. The van der Waals surface area contributed by atoms with E-state index >= 15 is 0 Å². The van der Waals surface area contributed by atoms with Crippen molar-refractivity contribution in [3.63, 3.8) is 0 Å².